The Kier molecular flexibility index (Phi) is 3.76. The molecule has 0 aliphatic rings. The van der Waals surface area contributed by atoms with Crippen molar-refractivity contribution in [2.75, 3.05) is 5.43 Å². The number of rotatable bonds is 3. The lowest BCUT2D eigenvalue weighted by Crippen LogP contribution is -1.95. The molecular weight excluding hydrogens is 330 g/mol. The van der Waals surface area contributed by atoms with Gasteiger partial charge in [0.1, 0.15) is 5.82 Å². The van der Waals surface area contributed by atoms with E-state index in [1.807, 2.05) is 36.5 Å². The van der Waals surface area contributed by atoms with E-state index >= 15 is 0 Å². The van der Waals surface area contributed by atoms with Gasteiger partial charge in [0, 0.05) is 10.9 Å². The van der Waals surface area contributed by atoms with Gasteiger partial charge >= 0.3 is 0 Å². The van der Waals surface area contributed by atoms with E-state index in [-0.39, 0.29) is 0 Å². The SMILES string of the molecule is C(=NNc1ccc2ccccc2n1)c1c2ccccc2cc2ccccc12. The van der Waals surface area contributed by atoms with Crippen molar-refractivity contribution in [3.8, 4) is 0 Å². The second-order valence-electron chi connectivity index (χ2n) is 6.49. The lowest BCUT2D eigenvalue weighted by Gasteiger charge is -2.08. The van der Waals surface area contributed by atoms with Gasteiger partial charge in [-0.1, -0.05) is 66.7 Å². The number of nitrogens with one attached hydrogen (secondary N) is 1. The maximum absolute atomic E-state index is 4.61. The van der Waals surface area contributed by atoms with Crippen molar-refractivity contribution in [3.63, 3.8) is 0 Å². The van der Waals surface area contributed by atoms with Crippen LogP contribution < -0.4 is 5.43 Å². The van der Waals surface area contributed by atoms with Gasteiger partial charge in [0.25, 0.3) is 0 Å². The van der Waals surface area contributed by atoms with E-state index in [1.54, 1.807) is 0 Å². The first-order valence-corrected chi connectivity index (χ1v) is 8.94. The Bertz CT molecular complexity index is 1250. The van der Waals surface area contributed by atoms with Gasteiger partial charge in [0.2, 0.25) is 0 Å². The minimum atomic E-state index is 0.731. The fraction of sp³-hybridized carbons (Fsp3) is 0. The number of pyridine rings is 1. The molecule has 0 unspecified atom stereocenters. The van der Waals surface area contributed by atoms with Gasteiger partial charge in [0.15, 0.2) is 0 Å². The van der Waals surface area contributed by atoms with E-state index in [0.29, 0.717) is 0 Å². The van der Waals surface area contributed by atoms with Crippen molar-refractivity contribution in [2.24, 2.45) is 5.10 Å². The third kappa shape index (κ3) is 2.89. The van der Waals surface area contributed by atoms with E-state index in [2.05, 4.69) is 76.2 Å². The molecule has 0 radical (unpaired) electrons. The van der Waals surface area contributed by atoms with Gasteiger partial charge in [-0.15, -0.1) is 0 Å². The quantitative estimate of drug-likeness (QED) is 0.247. The molecule has 0 aliphatic heterocycles. The number of hydrazone groups is 1. The van der Waals surface area contributed by atoms with Crippen LogP contribution in [-0.2, 0) is 0 Å². The number of nitrogens with zero attached hydrogens (tertiary/aromatic N) is 2. The minimum absolute atomic E-state index is 0.731. The molecule has 1 aromatic heterocycles. The molecule has 5 rings (SSSR count). The second-order valence-corrected chi connectivity index (χ2v) is 6.49. The van der Waals surface area contributed by atoms with Gasteiger partial charge in [-0.05, 0) is 45.8 Å². The molecule has 0 fully saturated rings. The van der Waals surface area contributed by atoms with E-state index in [9.17, 15) is 0 Å². The molecule has 1 heterocycles. The predicted octanol–water partition coefficient (Wildman–Crippen LogP) is 5.99. The molecule has 1 N–H and O–H groups in total. The van der Waals surface area contributed by atoms with Gasteiger partial charge in [-0.2, -0.15) is 5.10 Å². The van der Waals surface area contributed by atoms with Crippen LogP contribution in [-0.4, -0.2) is 11.2 Å². The molecule has 3 heteroatoms. The minimum Gasteiger partial charge on any atom is -0.261 e. The summed E-state index contributed by atoms with van der Waals surface area (Å²) in [5, 5.41) is 10.4. The van der Waals surface area contributed by atoms with E-state index in [0.717, 1.165) is 22.3 Å². The molecule has 0 atom stereocenters. The Morgan fingerprint density at radius 2 is 1.30 bits per heavy atom. The summed E-state index contributed by atoms with van der Waals surface area (Å²) in [6.07, 6.45) is 1.89. The summed E-state index contributed by atoms with van der Waals surface area (Å²) in [6.45, 7) is 0. The van der Waals surface area contributed by atoms with Crippen LogP contribution in [0.3, 0.4) is 0 Å². The number of para-hydroxylation sites is 1. The number of benzene rings is 4. The molecule has 4 aromatic carbocycles. The Balaban J connectivity index is 1.56. The maximum atomic E-state index is 4.61. The third-order valence-corrected chi connectivity index (χ3v) is 4.78. The summed E-state index contributed by atoms with van der Waals surface area (Å²) < 4.78 is 0. The molecule has 0 saturated heterocycles. The molecular formula is C24H17N3. The topological polar surface area (TPSA) is 37.3 Å². The fourth-order valence-corrected chi connectivity index (χ4v) is 3.48. The smallest absolute Gasteiger partial charge is 0.146 e. The molecule has 5 aromatic rings. The summed E-state index contributed by atoms with van der Waals surface area (Å²) in [5.41, 5.74) is 5.13. The summed E-state index contributed by atoms with van der Waals surface area (Å²) in [5.74, 6) is 0.731. The van der Waals surface area contributed by atoms with Crippen LogP contribution in [0.15, 0.2) is 96.1 Å². The standard InChI is InChI=1S/C24H17N3/c1-4-10-20-18(8-1)15-19-9-2-5-11-21(19)22(20)16-25-27-24-14-13-17-7-3-6-12-23(17)26-24/h1-16H,(H,26,27). The Morgan fingerprint density at radius 3 is 2.04 bits per heavy atom. The largest absolute Gasteiger partial charge is 0.261 e. The highest BCUT2D eigenvalue weighted by atomic mass is 15.3. The first-order valence-electron chi connectivity index (χ1n) is 8.94. The Labute approximate surface area is 157 Å². The monoisotopic (exact) mass is 347 g/mol. The van der Waals surface area contributed by atoms with Crippen LogP contribution in [0.2, 0.25) is 0 Å². The van der Waals surface area contributed by atoms with Gasteiger partial charge in [-0.3, -0.25) is 5.43 Å². The number of hydrogen-bond acceptors (Lipinski definition) is 3. The summed E-state index contributed by atoms with van der Waals surface area (Å²) in [4.78, 5) is 4.61. The zero-order valence-electron chi connectivity index (χ0n) is 14.6. The van der Waals surface area contributed by atoms with Crippen LogP contribution in [0.4, 0.5) is 5.82 Å². The number of hydrogen-bond donors (Lipinski definition) is 1. The lowest BCUT2D eigenvalue weighted by atomic mass is 9.97. The van der Waals surface area contributed by atoms with Gasteiger partial charge in [0.05, 0.1) is 11.7 Å². The zero-order valence-corrected chi connectivity index (χ0v) is 14.6. The van der Waals surface area contributed by atoms with Crippen LogP contribution in [0.1, 0.15) is 5.56 Å². The summed E-state index contributed by atoms with van der Waals surface area (Å²) in [7, 11) is 0. The molecule has 128 valence electrons. The van der Waals surface area contributed by atoms with E-state index in [1.165, 1.54) is 21.5 Å². The van der Waals surface area contributed by atoms with Gasteiger partial charge in [-0.25, -0.2) is 4.98 Å². The number of anilines is 1. The average Bonchev–Trinajstić information content (AvgIpc) is 2.73. The van der Waals surface area contributed by atoms with Crippen molar-refractivity contribution >= 4 is 44.5 Å². The van der Waals surface area contributed by atoms with Gasteiger partial charge < -0.3 is 0 Å². The lowest BCUT2D eigenvalue weighted by molar-refractivity contribution is 1.27. The third-order valence-electron chi connectivity index (χ3n) is 4.78. The van der Waals surface area contributed by atoms with Crippen molar-refractivity contribution in [3.05, 3.63) is 96.6 Å². The Hall–Kier alpha value is -3.72. The van der Waals surface area contributed by atoms with E-state index in [4.69, 9.17) is 0 Å². The molecule has 0 bridgehead atoms. The molecule has 0 spiro atoms. The first kappa shape index (κ1) is 15.5. The van der Waals surface area contributed by atoms with Crippen molar-refractivity contribution in [1.82, 2.24) is 4.98 Å². The highest BCUT2D eigenvalue weighted by Gasteiger charge is 2.05. The average molecular weight is 347 g/mol. The van der Waals surface area contributed by atoms with Crippen molar-refractivity contribution in [1.29, 1.82) is 0 Å². The highest BCUT2D eigenvalue weighted by molar-refractivity contribution is 6.13. The molecule has 27 heavy (non-hydrogen) atoms. The highest BCUT2D eigenvalue weighted by Crippen LogP contribution is 2.27. The fourth-order valence-electron chi connectivity index (χ4n) is 3.48. The van der Waals surface area contributed by atoms with E-state index < -0.39 is 0 Å². The molecule has 0 aliphatic carbocycles. The van der Waals surface area contributed by atoms with Crippen LogP contribution in [0.5, 0.6) is 0 Å². The Morgan fingerprint density at radius 1 is 0.667 bits per heavy atom. The summed E-state index contributed by atoms with van der Waals surface area (Å²) in [6, 6.07) is 31.1. The van der Waals surface area contributed by atoms with Crippen LogP contribution in [0, 0.1) is 0 Å². The second kappa shape index (κ2) is 6.54. The number of fused-ring (bicyclic) bond motifs is 3. The van der Waals surface area contributed by atoms with Crippen LogP contribution in [0.25, 0.3) is 32.4 Å². The normalized spacial score (nSPS) is 11.6. The zero-order chi connectivity index (χ0) is 18.1. The molecule has 0 saturated carbocycles. The summed E-state index contributed by atoms with van der Waals surface area (Å²) >= 11 is 0. The predicted molar refractivity (Wildman–Crippen MR) is 114 cm³/mol. The molecule has 0 amide bonds. The van der Waals surface area contributed by atoms with Crippen LogP contribution >= 0.6 is 0 Å². The van der Waals surface area contributed by atoms with Crippen molar-refractivity contribution < 1.29 is 0 Å². The molecule has 3 nitrogen and oxygen atoms in total. The first-order chi connectivity index (χ1) is 13.4. The van der Waals surface area contributed by atoms with Crippen molar-refractivity contribution in [2.45, 2.75) is 0 Å². The number of aromatic nitrogens is 1. The maximum Gasteiger partial charge on any atom is 0.146 e.